The molecule has 25 heavy (non-hydrogen) atoms. The third-order valence-corrected chi connectivity index (χ3v) is 4.64. The van der Waals surface area contributed by atoms with Crippen LogP contribution >= 0.6 is 11.8 Å². The van der Waals surface area contributed by atoms with Crippen LogP contribution in [0, 0.1) is 6.92 Å². The van der Waals surface area contributed by atoms with Crippen molar-refractivity contribution in [2.45, 2.75) is 31.4 Å². The second kappa shape index (κ2) is 9.27. The molecular weight excluding hydrogens is 338 g/mol. The van der Waals surface area contributed by atoms with Crippen molar-refractivity contribution < 1.29 is 14.1 Å². The monoisotopic (exact) mass is 361 g/mol. The van der Waals surface area contributed by atoms with Gasteiger partial charge in [-0.1, -0.05) is 17.3 Å². The van der Waals surface area contributed by atoms with Gasteiger partial charge in [0, 0.05) is 24.1 Å². The number of hydrogen-bond donors (Lipinski definition) is 1. The molecule has 0 aliphatic heterocycles. The Morgan fingerprint density at radius 3 is 2.68 bits per heavy atom. The molecule has 7 heteroatoms. The summed E-state index contributed by atoms with van der Waals surface area (Å²) < 4.78 is 5.22. The molecule has 2 amide bonds. The topological polar surface area (TPSA) is 75.4 Å². The van der Waals surface area contributed by atoms with E-state index in [0.717, 1.165) is 16.3 Å². The highest BCUT2D eigenvalue weighted by Crippen LogP contribution is 2.27. The summed E-state index contributed by atoms with van der Waals surface area (Å²) in [5, 5.41) is 6.59. The van der Waals surface area contributed by atoms with Crippen LogP contribution in [0.3, 0.4) is 0 Å². The largest absolute Gasteiger partial charge is 0.360 e. The van der Waals surface area contributed by atoms with Crippen LogP contribution in [0.5, 0.6) is 0 Å². The van der Waals surface area contributed by atoms with E-state index >= 15 is 0 Å². The Morgan fingerprint density at radius 2 is 2.04 bits per heavy atom. The first-order chi connectivity index (χ1) is 12.0. The Hall–Kier alpha value is -2.28. The van der Waals surface area contributed by atoms with Crippen LogP contribution in [-0.4, -0.2) is 41.5 Å². The van der Waals surface area contributed by atoms with Gasteiger partial charge in [0.1, 0.15) is 5.76 Å². The first-order valence-electron chi connectivity index (χ1n) is 8.25. The second-order valence-electron chi connectivity index (χ2n) is 5.49. The molecule has 0 fully saturated rings. The van der Waals surface area contributed by atoms with Gasteiger partial charge in [-0.15, -0.1) is 11.8 Å². The Kier molecular flexibility index (Phi) is 7.06. The predicted molar refractivity (Wildman–Crippen MR) is 97.5 cm³/mol. The van der Waals surface area contributed by atoms with E-state index in [9.17, 15) is 9.59 Å². The number of nitrogens with one attached hydrogen (secondary N) is 1. The molecule has 2 aromatic rings. The molecule has 6 nitrogen and oxygen atoms in total. The van der Waals surface area contributed by atoms with E-state index in [1.165, 1.54) is 11.8 Å². The summed E-state index contributed by atoms with van der Waals surface area (Å²) >= 11 is 1.52. The van der Waals surface area contributed by atoms with Gasteiger partial charge in [0.15, 0.2) is 0 Å². The molecule has 0 saturated heterocycles. The van der Waals surface area contributed by atoms with Gasteiger partial charge in [0.25, 0.3) is 5.91 Å². The standard InChI is InChI=1S/C18H23N3O3S/c1-4-19-17(22)11-21(5-2)18(23)15-8-6-7-9-16(15)25-12-14-10-13(3)20-24-14/h6-10H,4-5,11-12H2,1-3H3,(H,19,22). The maximum Gasteiger partial charge on any atom is 0.255 e. The van der Waals surface area contributed by atoms with Gasteiger partial charge in [-0.3, -0.25) is 9.59 Å². The number of aromatic nitrogens is 1. The van der Waals surface area contributed by atoms with E-state index in [1.54, 1.807) is 11.0 Å². The van der Waals surface area contributed by atoms with E-state index in [-0.39, 0.29) is 18.4 Å². The molecule has 0 aliphatic rings. The molecule has 1 aromatic heterocycles. The zero-order chi connectivity index (χ0) is 18.2. The maximum atomic E-state index is 12.8. The number of carbonyl (C=O) groups excluding carboxylic acids is 2. The number of thioether (sulfide) groups is 1. The van der Waals surface area contributed by atoms with Crippen LogP contribution in [0.25, 0.3) is 0 Å². The Labute approximate surface area is 151 Å². The lowest BCUT2D eigenvalue weighted by Crippen LogP contribution is -2.40. The van der Waals surface area contributed by atoms with Crippen LogP contribution < -0.4 is 5.32 Å². The Balaban J connectivity index is 2.11. The number of rotatable bonds is 8. The number of carbonyl (C=O) groups is 2. The van der Waals surface area contributed by atoms with Crippen molar-refractivity contribution in [3.63, 3.8) is 0 Å². The van der Waals surface area contributed by atoms with Crippen molar-refractivity contribution in [2.75, 3.05) is 19.6 Å². The molecule has 0 atom stereocenters. The zero-order valence-corrected chi connectivity index (χ0v) is 15.6. The summed E-state index contributed by atoms with van der Waals surface area (Å²) in [6.07, 6.45) is 0. The first kappa shape index (κ1) is 19.1. The average molecular weight is 361 g/mol. The third-order valence-electron chi connectivity index (χ3n) is 3.54. The molecule has 2 rings (SSSR count). The van der Waals surface area contributed by atoms with Crippen LogP contribution in [-0.2, 0) is 10.5 Å². The van der Waals surface area contributed by atoms with Gasteiger partial charge in [-0.05, 0) is 32.9 Å². The number of hydrogen-bond acceptors (Lipinski definition) is 5. The molecule has 1 aromatic carbocycles. The van der Waals surface area contributed by atoms with Crippen LogP contribution in [0.2, 0.25) is 0 Å². The summed E-state index contributed by atoms with van der Waals surface area (Å²) in [5.74, 6) is 1.05. The molecular formula is C18H23N3O3S. The van der Waals surface area contributed by atoms with E-state index in [2.05, 4.69) is 10.5 Å². The van der Waals surface area contributed by atoms with E-state index in [4.69, 9.17) is 4.52 Å². The highest BCUT2D eigenvalue weighted by molar-refractivity contribution is 7.98. The van der Waals surface area contributed by atoms with E-state index < -0.39 is 0 Å². The second-order valence-corrected chi connectivity index (χ2v) is 6.51. The molecule has 0 saturated carbocycles. The Morgan fingerprint density at radius 1 is 1.28 bits per heavy atom. The summed E-state index contributed by atoms with van der Waals surface area (Å²) in [5.41, 5.74) is 1.42. The summed E-state index contributed by atoms with van der Waals surface area (Å²) in [6, 6.07) is 9.29. The number of nitrogens with zero attached hydrogens (tertiary/aromatic N) is 2. The SMILES string of the molecule is CCNC(=O)CN(CC)C(=O)c1ccccc1SCc1cc(C)no1. The summed E-state index contributed by atoms with van der Waals surface area (Å²) in [4.78, 5) is 27.1. The fraction of sp³-hybridized carbons (Fsp3) is 0.389. The third kappa shape index (κ3) is 5.35. The lowest BCUT2D eigenvalue weighted by Gasteiger charge is -2.21. The molecule has 1 heterocycles. The molecule has 0 radical (unpaired) electrons. The van der Waals surface area contributed by atoms with Gasteiger partial charge >= 0.3 is 0 Å². The minimum absolute atomic E-state index is 0.0590. The zero-order valence-electron chi connectivity index (χ0n) is 14.7. The fourth-order valence-electron chi connectivity index (χ4n) is 2.33. The normalized spacial score (nSPS) is 10.5. The van der Waals surface area contributed by atoms with E-state index in [0.29, 0.717) is 24.4 Å². The smallest absolute Gasteiger partial charge is 0.255 e. The molecule has 0 unspecified atom stereocenters. The minimum Gasteiger partial charge on any atom is -0.360 e. The molecule has 134 valence electrons. The number of amides is 2. The molecule has 0 aliphatic carbocycles. The van der Waals surface area contributed by atoms with Gasteiger partial charge < -0.3 is 14.7 Å². The Bertz CT molecular complexity index is 730. The lowest BCUT2D eigenvalue weighted by molar-refractivity contribution is -0.121. The van der Waals surface area contributed by atoms with Crippen molar-refractivity contribution in [2.24, 2.45) is 0 Å². The van der Waals surface area contributed by atoms with Gasteiger partial charge in [0.2, 0.25) is 5.91 Å². The van der Waals surface area contributed by atoms with Crippen molar-refractivity contribution in [3.8, 4) is 0 Å². The summed E-state index contributed by atoms with van der Waals surface area (Å²) in [7, 11) is 0. The minimum atomic E-state index is -0.153. The highest BCUT2D eigenvalue weighted by atomic mass is 32.2. The van der Waals surface area contributed by atoms with Crippen LogP contribution in [0.15, 0.2) is 39.8 Å². The fourth-order valence-corrected chi connectivity index (χ4v) is 3.25. The number of likely N-dealkylation sites (N-methyl/N-ethyl adjacent to an activating group) is 2. The van der Waals surface area contributed by atoms with Crippen molar-refractivity contribution in [1.82, 2.24) is 15.4 Å². The van der Waals surface area contributed by atoms with Crippen LogP contribution in [0.1, 0.15) is 35.7 Å². The van der Waals surface area contributed by atoms with Gasteiger partial charge in [-0.2, -0.15) is 0 Å². The molecule has 1 N–H and O–H groups in total. The maximum absolute atomic E-state index is 12.8. The highest BCUT2D eigenvalue weighted by Gasteiger charge is 2.20. The van der Waals surface area contributed by atoms with Crippen molar-refractivity contribution in [3.05, 3.63) is 47.3 Å². The van der Waals surface area contributed by atoms with Crippen molar-refractivity contribution >= 4 is 23.6 Å². The quantitative estimate of drug-likeness (QED) is 0.732. The number of aryl methyl sites for hydroxylation is 1. The molecule has 0 bridgehead atoms. The van der Waals surface area contributed by atoms with Crippen molar-refractivity contribution in [1.29, 1.82) is 0 Å². The predicted octanol–water partition coefficient (Wildman–Crippen LogP) is 2.87. The van der Waals surface area contributed by atoms with Crippen LogP contribution in [0.4, 0.5) is 0 Å². The molecule has 0 spiro atoms. The first-order valence-corrected chi connectivity index (χ1v) is 9.23. The van der Waals surface area contributed by atoms with E-state index in [1.807, 2.05) is 45.0 Å². The summed E-state index contributed by atoms with van der Waals surface area (Å²) in [6.45, 7) is 6.67. The van der Waals surface area contributed by atoms with Gasteiger partial charge in [0.05, 0.1) is 23.6 Å². The van der Waals surface area contributed by atoms with Gasteiger partial charge in [-0.25, -0.2) is 0 Å². The number of benzene rings is 1. The average Bonchev–Trinajstić information content (AvgIpc) is 3.03. The lowest BCUT2D eigenvalue weighted by atomic mass is 10.2.